The van der Waals surface area contributed by atoms with Crippen LogP contribution in [0.3, 0.4) is 0 Å². The number of aryl methyl sites for hydroxylation is 2. The third-order valence-electron chi connectivity index (χ3n) is 2.80. The number of carbonyl (C=O) groups is 1. The molecule has 0 saturated heterocycles. The van der Waals surface area contributed by atoms with Gasteiger partial charge >= 0.3 is 5.97 Å². The molecule has 0 unspecified atom stereocenters. The van der Waals surface area contributed by atoms with E-state index in [-0.39, 0.29) is 6.42 Å². The van der Waals surface area contributed by atoms with E-state index < -0.39 is 5.97 Å². The van der Waals surface area contributed by atoms with Gasteiger partial charge in [0.2, 0.25) is 5.89 Å². The second-order valence-corrected chi connectivity index (χ2v) is 4.21. The van der Waals surface area contributed by atoms with E-state index in [1.54, 1.807) is 12.3 Å². The van der Waals surface area contributed by atoms with Gasteiger partial charge in [-0.05, 0) is 18.9 Å². The largest absolute Gasteiger partial charge is 0.481 e. The molecule has 0 atom stereocenters. The van der Waals surface area contributed by atoms with Crippen molar-refractivity contribution in [3.63, 3.8) is 0 Å². The molecule has 0 radical (unpaired) electrons. The van der Waals surface area contributed by atoms with Gasteiger partial charge in [0.25, 0.3) is 5.89 Å². The van der Waals surface area contributed by atoms with Crippen molar-refractivity contribution in [3.05, 3.63) is 24.0 Å². The highest BCUT2D eigenvalue weighted by Crippen LogP contribution is 2.24. The highest BCUT2D eigenvalue weighted by atomic mass is 16.4. The van der Waals surface area contributed by atoms with E-state index in [9.17, 15) is 4.79 Å². The molecule has 2 heterocycles. The van der Waals surface area contributed by atoms with Gasteiger partial charge in [-0.2, -0.15) is 0 Å². The molecule has 0 spiro atoms. The van der Waals surface area contributed by atoms with Crippen LogP contribution in [-0.2, 0) is 17.6 Å². The average molecular weight is 264 g/mol. The van der Waals surface area contributed by atoms with Crippen molar-refractivity contribution in [2.24, 2.45) is 0 Å². The topological polar surface area (TPSA) is 89.4 Å². The van der Waals surface area contributed by atoms with E-state index in [4.69, 9.17) is 13.9 Å². The van der Waals surface area contributed by atoms with E-state index in [2.05, 4.69) is 10.2 Å². The quantitative estimate of drug-likeness (QED) is 0.773. The summed E-state index contributed by atoms with van der Waals surface area (Å²) in [4.78, 5) is 10.4. The Morgan fingerprint density at radius 2 is 2.21 bits per heavy atom. The highest BCUT2D eigenvalue weighted by Gasteiger charge is 2.14. The van der Waals surface area contributed by atoms with Crippen LogP contribution in [0.25, 0.3) is 11.5 Å². The van der Waals surface area contributed by atoms with E-state index in [1.807, 2.05) is 6.92 Å². The lowest BCUT2D eigenvalue weighted by Crippen LogP contribution is -1.95. The highest BCUT2D eigenvalue weighted by molar-refractivity contribution is 5.66. The van der Waals surface area contributed by atoms with Crippen LogP contribution in [-0.4, -0.2) is 21.3 Å². The van der Waals surface area contributed by atoms with Gasteiger partial charge in [-0.1, -0.05) is 6.92 Å². The first-order chi connectivity index (χ1) is 9.20. The number of furan rings is 1. The number of rotatable bonds is 7. The third kappa shape index (κ3) is 3.43. The van der Waals surface area contributed by atoms with Gasteiger partial charge in [0.15, 0.2) is 0 Å². The van der Waals surface area contributed by atoms with E-state index in [1.165, 1.54) is 0 Å². The maximum Gasteiger partial charge on any atom is 0.303 e. The molecule has 0 aliphatic heterocycles. The maximum absolute atomic E-state index is 10.4. The van der Waals surface area contributed by atoms with Crippen molar-refractivity contribution in [1.29, 1.82) is 0 Å². The number of aromatic nitrogens is 2. The summed E-state index contributed by atoms with van der Waals surface area (Å²) in [6.07, 6.45) is 4.46. The average Bonchev–Trinajstić information content (AvgIpc) is 3.02. The number of carboxylic acids is 1. The number of nitrogens with zero attached hydrogens (tertiary/aromatic N) is 2. The summed E-state index contributed by atoms with van der Waals surface area (Å²) in [5.74, 6) is 1.03. The Morgan fingerprint density at radius 3 is 2.95 bits per heavy atom. The molecule has 1 N–H and O–H groups in total. The summed E-state index contributed by atoms with van der Waals surface area (Å²) in [5, 5.41) is 16.5. The van der Waals surface area contributed by atoms with Crippen LogP contribution >= 0.6 is 0 Å². The number of hydrogen-bond acceptors (Lipinski definition) is 5. The minimum absolute atomic E-state index is 0.169. The molecule has 0 fully saturated rings. The molecular weight excluding hydrogens is 248 g/mol. The van der Waals surface area contributed by atoms with Gasteiger partial charge in [-0.25, -0.2) is 0 Å². The SMILES string of the molecule is CCc1occc1-c1nnc(CCCCC(=O)O)o1. The second kappa shape index (κ2) is 6.17. The van der Waals surface area contributed by atoms with E-state index in [0.29, 0.717) is 24.6 Å². The van der Waals surface area contributed by atoms with Crippen molar-refractivity contribution in [2.75, 3.05) is 0 Å². The van der Waals surface area contributed by atoms with Crippen LogP contribution in [0.1, 0.15) is 37.8 Å². The lowest BCUT2D eigenvalue weighted by Gasteiger charge is -1.95. The molecule has 19 heavy (non-hydrogen) atoms. The lowest BCUT2D eigenvalue weighted by atomic mass is 10.2. The van der Waals surface area contributed by atoms with E-state index in [0.717, 1.165) is 24.2 Å². The van der Waals surface area contributed by atoms with Crippen LogP contribution < -0.4 is 0 Å². The van der Waals surface area contributed by atoms with Gasteiger partial charge in [0.05, 0.1) is 11.8 Å². The zero-order valence-corrected chi connectivity index (χ0v) is 10.8. The van der Waals surface area contributed by atoms with Crippen molar-refractivity contribution in [3.8, 4) is 11.5 Å². The summed E-state index contributed by atoms with van der Waals surface area (Å²) < 4.78 is 10.9. The summed E-state index contributed by atoms with van der Waals surface area (Å²) in [6, 6.07) is 1.81. The summed E-state index contributed by atoms with van der Waals surface area (Å²) >= 11 is 0. The molecule has 2 aromatic rings. The Hall–Kier alpha value is -2.11. The van der Waals surface area contributed by atoms with Gasteiger partial charge in [-0.3, -0.25) is 4.79 Å². The first kappa shape index (κ1) is 13.3. The standard InChI is InChI=1S/C13H16N2O4/c1-2-10-9(7-8-18-10)13-15-14-11(19-13)5-3-4-6-12(16)17/h7-8H,2-6H2,1H3,(H,16,17). The molecule has 0 aromatic carbocycles. The minimum atomic E-state index is -0.780. The van der Waals surface area contributed by atoms with Crippen molar-refractivity contribution >= 4 is 5.97 Å². The molecule has 102 valence electrons. The van der Waals surface area contributed by atoms with Crippen LogP contribution in [0.2, 0.25) is 0 Å². The summed E-state index contributed by atoms with van der Waals surface area (Å²) in [5.41, 5.74) is 0.826. The molecule has 0 saturated carbocycles. The smallest absolute Gasteiger partial charge is 0.303 e. The van der Waals surface area contributed by atoms with Gasteiger partial charge in [0.1, 0.15) is 5.76 Å². The molecule has 0 aliphatic rings. The molecular formula is C13H16N2O4. The predicted octanol–water partition coefficient (Wildman–Crippen LogP) is 2.69. The number of hydrogen-bond donors (Lipinski definition) is 1. The van der Waals surface area contributed by atoms with Gasteiger partial charge < -0.3 is 13.9 Å². The Morgan fingerprint density at radius 1 is 1.37 bits per heavy atom. The predicted molar refractivity (Wildman–Crippen MR) is 66.6 cm³/mol. The van der Waals surface area contributed by atoms with Gasteiger partial charge in [0, 0.05) is 19.3 Å². The van der Waals surface area contributed by atoms with Gasteiger partial charge in [-0.15, -0.1) is 10.2 Å². The monoisotopic (exact) mass is 264 g/mol. The normalized spacial score (nSPS) is 10.8. The van der Waals surface area contributed by atoms with Crippen molar-refractivity contribution in [1.82, 2.24) is 10.2 Å². The molecule has 0 bridgehead atoms. The zero-order chi connectivity index (χ0) is 13.7. The van der Waals surface area contributed by atoms with E-state index >= 15 is 0 Å². The molecule has 2 rings (SSSR count). The number of aliphatic carboxylic acids is 1. The number of carboxylic acid groups (broad SMARTS) is 1. The fraction of sp³-hybridized carbons (Fsp3) is 0.462. The van der Waals surface area contributed by atoms with Crippen LogP contribution in [0.15, 0.2) is 21.2 Å². The van der Waals surface area contributed by atoms with Crippen LogP contribution in [0, 0.1) is 0 Å². The first-order valence-corrected chi connectivity index (χ1v) is 6.31. The first-order valence-electron chi connectivity index (χ1n) is 6.31. The number of unbranched alkanes of at least 4 members (excludes halogenated alkanes) is 1. The molecule has 0 aliphatic carbocycles. The Bertz CT molecular complexity index is 544. The lowest BCUT2D eigenvalue weighted by molar-refractivity contribution is -0.137. The molecule has 2 aromatic heterocycles. The van der Waals surface area contributed by atoms with Crippen LogP contribution in [0.4, 0.5) is 0 Å². The summed E-state index contributed by atoms with van der Waals surface area (Å²) in [6.45, 7) is 1.99. The molecule has 0 amide bonds. The fourth-order valence-electron chi connectivity index (χ4n) is 1.82. The Labute approximate surface area is 110 Å². The van der Waals surface area contributed by atoms with Crippen molar-refractivity contribution < 1.29 is 18.7 Å². The maximum atomic E-state index is 10.4. The Kier molecular flexibility index (Phi) is 4.33. The molecule has 6 heteroatoms. The van der Waals surface area contributed by atoms with Crippen LogP contribution in [0.5, 0.6) is 0 Å². The zero-order valence-electron chi connectivity index (χ0n) is 10.8. The molecule has 6 nitrogen and oxygen atoms in total. The summed E-state index contributed by atoms with van der Waals surface area (Å²) in [7, 11) is 0. The Balaban J connectivity index is 1.94. The van der Waals surface area contributed by atoms with Crippen molar-refractivity contribution in [2.45, 2.75) is 39.0 Å². The minimum Gasteiger partial charge on any atom is -0.481 e. The second-order valence-electron chi connectivity index (χ2n) is 4.21. The third-order valence-corrected chi connectivity index (χ3v) is 2.80. The fourth-order valence-corrected chi connectivity index (χ4v) is 1.82.